The molecule has 1 fully saturated rings. The van der Waals surface area contributed by atoms with E-state index in [0.717, 1.165) is 26.2 Å². The van der Waals surface area contributed by atoms with Gasteiger partial charge >= 0.3 is 5.97 Å². The van der Waals surface area contributed by atoms with Crippen LogP contribution in [0.25, 0.3) is 0 Å². The minimum atomic E-state index is -1.08. The number of benzene rings is 1. The third-order valence-corrected chi connectivity index (χ3v) is 3.22. The van der Waals surface area contributed by atoms with Gasteiger partial charge in [0.15, 0.2) is 0 Å². The van der Waals surface area contributed by atoms with Gasteiger partial charge in [-0.05, 0) is 18.2 Å². The average Bonchev–Trinajstić information content (AvgIpc) is 2.38. The van der Waals surface area contributed by atoms with Gasteiger partial charge in [0.2, 0.25) is 5.91 Å². The van der Waals surface area contributed by atoms with Crippen molar-refractivity contribution in [1.82, 2.24) is 10.2 Å². The van der Waals surface area contributed by atoms with Crippen molar-refractivity contribution in [3.05, 3.63) is 28.8 Å². The quantitative estimate of drug-likeness (QED) is 0.769. The molecule has 20 heavy (non-hydrogen) atoms. The number of nitrogens with zero attached hydrogens (tertiary/aromatic N) is 1. The zero-order valence-corrected chi connectivity index (χ0v) is 11.6. The van der Waals surface area contributed by atoms with Crippen LogP contribution >= 0.6 is 11.6 Å². The maximum absolute atomic E-state index is 11.9. The first-order chi connectivity index (χ1) is 9.54. The van der Waals surface area contributed by atoms with Crippen molar-refractivity contribution in [2.75, 3.05) is 38.0 Å². The molecule has 3 N–H and O–H groups in total. The Labute approximate surface area is 121 Å². The zero-order chi connectivity index (χ0) is 14.5. The lowest BCUT2D eigenvalue weighted by molar-refractivity contribution is -0.117. The van der Waals surface area contributed by atoms with E-state index in [4.69, 9.17) is 16.7 Å². The first-order valence-corrected chi connectivity index (χ1v) is 6.69. The smallest absolute Gasteiger partial charge is 0.335 e. The van der Waals surface area contributed by atoms with E-state index < -0.39 is 5.97 Å². The number of nitrogens with one attached hydrogen (secondary N) is 2. The van der Waals surface area contributed by atoms with E-state index >= 15 is 0 Å². The number of carbonyl (C=O) groups is 2. The molecule has 7 heteroatoms. The Bertz CT molecular complexity index is 516. The first-order valence-electron chi connectivity index (χ1n) is 6.31. The number of hydrogen-bond donors (Lipinski definition) is 3. The number of anilines is 1. The van der Waals surface area contributed by atoms with Crippen LogP contribution in [0.2, 0.25) is 5.02 Å². The van der Waals surface area contributed by atoms with Crippen molar-refractivity contribution >= 4 is 29.2 Å². The summed E-state index contributed by atoms with van der Waals surface area (Å²) in [5.41, 5.74) is 0.449. The second kappa shape index (κ2) is 6.69. The van der Waals surface area contributed by atoms with E-state index in [1.807, 2.05) is 4.90 Å². The maximum Gasteiger partial charge on any atom is 0.335 e. The predicted molar refractivity (Wildman–Crippen MR) is 76.4 cm³/mol. The molecule has 0 bridgehead atoms. The van der Waals surface area contributed by atoms with Crippen LogP contribution in [0, 0.1) is 0 Å². The highest BCUT2D eigenvalue weighted by molar-refractivity contribution is 6.31. The predicted octanol–water partition coefficient (Wildman–Crippen LogP) is 0.882. The fourth-order valence-corrected chi connectivity index (χ4v) is 2.29. The van der Waals surface area contributed by atoms with Crippen LogP contribution in [-0.2, 0) is 4.79 Å². The summed E-state index contributed by atoms with van der Waals surface area (Å²) >= 11 is 5.84. The van der Waals surface area contributed by atoms with Crippen LogP contribution in [-0.4, -0.2) is 54.6 Å². The molecule has 1 aromatic rings. The fraction of sp³-hybridized carbons (Fsp3) is 0.385. The van der Waals surface area contributed by atoms with Crippen molar-refractivity contribution in [3.63, 3.8) is 0 Å². The van der Waals surface area contributed by atoms with Crippen LogP contribution in [0.1, 0.15) is 10.4 Å². The summed E-state index contributed by atoms with van der Waals surface area (Å²) in [7, 11) is 0. The lowest BCUT2D eigenvalue weighted by Crippen LogP contribution is -2.46. The van der Waals surface area contributed by atoms with Gasteiger partial charge in [-0.2, -0.15) is 0 Å². The standard InChI is InChI=1S/C13H16ClN3O3/c14-10-5-9(13(19)20)6-11(7-10)16-12(18)8-17-3-1-15-2-4-17/h5-7,15H,1-4,8H2,(H,16,18)(H,19,20). The third kappa shape index (κ3) is 4.19. The summed E-state index contributed by atoms with van der Waals surface area (Å²) in [6, 6.07) is 4.27. The molecule has 0 radical (unpaired) electrons. The summed E-state index contributed by atoms with van der Waals surface area (Å²) < 4.78 is 0. The minimum absolute atomic E-state index is 0.0509. The molecule has 1 amide bonds. The molecule has 0 unspecified atom stereocenters. The van der Waals surface area contributed by atoms with Gasteiger partial charge in [0.25, 0.3) is 0 Å². The highest BCUT2D eigenvalue weighted by atomic mass is 35.5. The Morgan fingerprint density at radius 2 is 2.00 bits per heavy atom. The van der Waals surface area contributed by atoms with E-state index in [0.29, 0.717) is 5.69 Å². The van der Waals surface area contributed by atoms with Gasteiger partial charge in [0.1, 0.15) is 0 Å². The summed E-state index contributed by atoms with van der Waals surface area (Å²) in [6.45, 7) is 3.67. The Morgan fingerprint density at radius 3 is 2.65 bits per heavy atom. The summed E-state index contributed by atoms with van der Waals surface area (Å²) in [5.74, 6) is -1.25. The zero-order valence-electron chi connectivity index (χ0n) is 10.9. The monoisotopic (exact) mass is 297 g/mol. The van der Waals surface area contributed by atoms with Crippen LogP contribution in [0.5, 0.6) is 0 Å². The number of carbonyl (C=O) groups excluding carboxylic acids is 1. The second-order valence-corrected chi connectivity index (χ2v) is 5.04. The van der Waals surface area contributed by atoms with Gasteiger partial charge in [-0.1, -0.05) is 11.6 Å². The molecule has 6 nitrogen and oxygen atoms in total. The Morgan fingerprint density at radius 1 is 1.30 bits per heavy atom. The highest BCUT2D eigenvalue weighted by Crippen LogP contribution is 2.19. The number of rotatable bonds is 4. The van der Waals surface area contributed by atoms with Crippen LogP contribution in [0.15, 0.2) is 18.2 Å². The Kier molecular flexibility index (Phi) is 4.94. The van der Waals surface area contributed by atoms with Gasteiger partial charge in [-0.15, -0.1) is 0 Å². The van der Waals surface area contributed by atoms with E-state index in [-0.39, 0.29) is 23.0 Å². The van der Waals surface area contributed by atoms with Gasteiger partial charge < -0.3 is 15.7 Å². The third-order valence-electron chi connectivity index (χ3n) is 3.01. The van der Waals surface area contributed by atoms with E-state index in [1.165, 1.54) is 18.2 Å². The van der Waals surface area contributed by atoms with Gasteiger partial charge in [0, 0.05) is 36.9 Å². The van der Waals surface area contributed by atoms with Gasteiger partial charge in [-0.3, -0.25) is 9.69 Å². The van der Waals surface area contributed by atoms with Gasteiger partial charge in [-0.25, -0.2) is 4.79 Å². The van der Waals surface area contributed by atoms with Crippen molar-refractivity contribution in [2.24, 2.45) is 0 Å². The number of hydrogen-bond acceptors (Lipinski definition) is 4. The Balaban J connectivity index is 1.98. The molecule has 1 aromatic carbocycles. The molecule has 108 valence electrons. The van der Waals surface area contributed by atoms with Gasteiger partial charge in [0.05, 0.1) is 12.1 Å². The molecule has 1 aliphatic rings. The molecular formula is C13H16ClN3O3. The van der Waals surface area contributed by atoms with Crippen LogP contribution in [0.4, 0.5) is 5.69 Å². The number of carboxylic acid groups (broad SMARTS) is 1. The lowest BCUT2D eigenvalue weighted by Gasteiger charge is -2.26. The molecule has 0 spiro atoms. The van der Waals surface area contributed by atoms with E-state index in [9.17, 15) is 9.59 Å². The molecule has 1 aliphatic heterocycles. The molecule has 0 aliphatic carbocycles. The summed E-state index contributed by atoms with van der Waals surface area (Å²) in [6.07, 6.45) is 0. The normalized spacial score (nSPS) is 15.8. The molecule has 2 rings (SSSR count). The van der Waals surface area contributed by atoms with Crippen molar-refractivity contribution < 1.29 is 14.7 Å². The summed E-state index contributed by atoms with van der Waals surface area (Å²) in [4.78, 5) is 24.9. The molecule has 0 atom stereocenters. The lowest BCUT2D eigenvalue weighted by atomic mass is 10.2. The number of halogens is 1. The minimum Gasteiger partial charge on any atom is -0.478 e. The number of amides is 1. The second-order valence-electron chi connectivity index (χ2n) is 4.61. The fourth-order valence-electron chi connectivity index (χ4n) is 2.06. The van der Waals surface area contributed by atoms with E-state index in [1.54, 1.807) is 0 Å². The maximum atomic E-state index is 11.9. The molecule has 0 aromatic heterocycles. The molecule has 1 heterocycles. The Hall–Kier alpha value is -1.63. The first kappa shape index (κ1) is 14.8. The van der Waals surface area contributed by atoms with Crippen molar-refractivity contribution in [2.45, 2.75) is 0 Å². The summed E-state index contributed by atoms with van der Waals surface area (Å²) in [5, 5.41) is 15.1. The van der Waals surface area contributed by atoms with Crippen molar-refractivity contribution in [3.8, 4) is 0 Å². The molecular weight excluding hydrogens is 282 g/mol. The molecule has 1 saturated heterocycles. The number of aromatic carboxylic acids is 1. The highest BCUT2D eigenvalue weighted by Gasteiger charge is 2.14. The molecule has 0 saturated carbocycles. The van der Waals surface area contributed by atoms with Crippen LogP contribution < -0.4 is 10.6 Å². The topological polar surface area (TPSA) is 81.7 Å². The number of piperazine rings is 1. The average molecular weight is 298 g/mol. The largest absolute Gasteiger partial charge is 0.478 e. The number of carboxylic acids is 1. The van der Waals surface area contributed by atoms with E-state index in [2.05, 4.69) is 10.6 Å². The SMILES string of the molecule is O=C(CN1CCNCC1)Nc1cc(Cl)cc(C(=O)O)c1. The van der Waals surface area contributed by atoms with Crippen LogP contribution in [0.3, 0.4) is 0 Å². The van der Waals surface area contributed by atoms with Crippen molar-refractivity contribution in [1.29, 1.82) is 0 Å².